The highest BCUT2D eigenvalue weighted by Crippen LogP contribution is 2.17. The summed E-state index contributed by atoms with van der Waals surface area (Å²) in [5.74, 6) is -0.871. The summed E-state index contributed by atoms with van der Waals surface area (Å²) < 4.78 is 16.9. The molecule has 0 aromatic carbocycles. The number of allylic oxidation sites excluding steroid dienone is 12. The minimum absolute atomic E-state index is 0.0757. The predicted molar refractivity (Wildman–Crippen MR) is 335 cm³/mol. The van der Waals surface area contributed by atoms with E-state index in [1.807, 2.05) is 0 Å². The number of hydrogen-bond acceptors (Lipinski definition) is 6. The van der Waals surface area contributed by atoms with Crippen LogP contribution in [0.2, 0.25) is 0 Å². The van der Waals surface area contributed by atoms with Gasteiger partial charge < -0.3 is 14.2 Å². The molecule has 0 spiro atoms. The first-order chi connectivity index (χ1) is 38.0. The van der Waals surface area contributed by atoms with Crippen molar-refractivity contribution in [3.05, 3.63) is 72.9 Å². The fraction of sp³-hybridized carbons (Fsp3) is 0.789. The van der Waals surface area contributed by atoms with E-state index in [2.05, 4.69) is 93.7 Å². The predicted octanol–water partition coefficient (Wildman–Crippen LogP) is 22.9. The minimum Gasteiger partial charge on any atom is -0.462 e. The number of ether oxygens (including phenoxy) is 3. The van der Waals surface area contributed by atoms with Gasteiger partial charge in [-0.05, 0) is 89.9 Å². The van der Waals surface area contributed by atoms with Crippen molar-refractivity contribution >= 4 is 17.9 Å². The van der Waals surface area contributed by atoms with E-state index in [0.29, 0.717) is 19.3 Å². The van der Waals surface area contributed by atoms with Crippen molar-refractivity contribution in [1.82, 2.24) is 0 Å². The van der Waals surface area contributed by atoms with Crippen molar-refractivity contribution in [2.24, 2.45) is 0 Å². The van der Waals surface area contributed by atoms with E-state index in [1.165, 1.54) is 193 Å². The van der Waals surface area contributed by atoms with Gasteiger partial charge in [0.05, 0.1) is 0 Å². The third kappa shape index (κ3) is 63.6. The molecule has 0 fully saturated rings. The number of rotatable bonds is 61. The van der Waals surface area contributed by atoms with Gasteiger partial charge in [-0.2, -0.15) is 0 Å². The lowest BCUT2D eigenvalue weighted by Crippen LogP contribution is -2.30. The molecule has 1 unspecified atom stereocenters. The molecule has 0 saturated carbocycles. The molecule has 0 aliphatic heterocycles. The fourth-order valence-corrected chi connectivity index (χ4v) is 9.70. The van der Waals surface area contributed by atoms with Crippen LogP contribution in [0.1, 0.15) is 342 Å². The molecule has 0 heterocycles. The van der Waals surface area contributed by atoms with Crippen LogP contribution >= 0.6 is 0 Å². The fourth-order valence-electron chi connectivity index (χ4n) is 9.70. The van der Waals surface area contributed by atoms with Crippen LogP contribution < -0.4 is 0 Å². The molecule has 6 heteroatoms. The minimum atomic E-state index is -0.779. The van der Waals surface area contributed by atoms with Crippen LogP contribution in [0.5, 0.6) is 0 Å². The Morgan fingerprint density at radius 2 is 0.506 bits per heavy atom. The molecular formula is C71H126O6. The molecule has 6 nitrogen and oxygen atoms in total. The topological polar surface area (TPSA) is 78.9 Å². The molecule has 77 heavy (non-hydrogen) atoms. The second kappa shape index (κ2) is 65.4. The van der Waals surface area contributed by atoms with E-state index >= 15 is 0 Å². The third-order valence-electron chi connectivity index (χ3n) is 14.7. The molecule has 1 atom stereocenters. The van der Waals surface area contributed by atoms with Gasteiger partial charge in [-0.25, -0.2) is 0 Å². The quantitative estimate of drug-likeness (QED) is 0.0261. The van der Waals surface area contributed by atoms with Crippen molar-refractivity contribution in [3.63, 3.8) is 0 Å². The number of hydrogen-bond donors (Lipinski definition) is 0. The van der Waals surface area contributed by atoms with Gasteiger partial charge in [0.15, 0.2) is 6.10 Å². The first-order valence-electron chi connectivity index (χ1n) is 33.4. The molecule has 0 amide bonds. The Bertz CT molecular complexity index is 1420. The van der Waals surface area contributed by atoms with Crippen molar-refractivity contribution in [3.8, 4) is 0 Å². The van der Waals surface area contributed by atoms with Crippen LogP contribution in [0.3, 0.4) is 0 Å². The highest BCUT2D eigenvalue weighted by Gasteiger charge is 2.19. The summed E-state index contributed by atoms with van der Waals surface area (Å²) in [7, 11) is 0. The largest absolute Gasteiger partial charge is 0.462 e. The van der Waals surface area contributed by atoms with Gasteiger partial charge in [0.25, 0.3) is 0 Å². The van der Waals surface area contributed by atoms with Gasteiger partial charge in [-0.3, -0.25) is 14.4 Å². The van der Waals surface area contributed by atoms with E-state index in [9.17, 15) is 14.4 Å². The Labute approximate surface area is 478 Å². The van der Waals surface area contributed by atoms with Gasteiger partial charge in [0, 0.05) is 19.3 Å². The SMILES string of the molecule is CC/C=C\C/C=C\C/C=C\C/C=C\CCCCCCCCCCCCCCCCCCCCC(=O)OCC(COC(=O)CCCCCCCCCCCCCC)OC(=O)CCCCCCC/C=C\C/C=C\CCCCCC. The van der Waals surface area contributed by atoms with E-state index in [0.717, 1.165) is 109 Å². The first-order valence-corrected chi connectivity index (χ1v) is 33.4. The standard InChI is InChI=1S/C71H126O6/c1-4-7-10-13-16-19-22-25-27-29-30-31-32-33-34-35-36-37-38-39-40-41-42-43-45-46-49-52-55-58-61-64-70(73)76-67-68(66-75-69(72)63-60-57-54-51-48-24-21-18-15-12-9-6-3)77-71(74)65-62-59-56-53-50-47-44-28-26-23-20-17-14-11-8-5-2/h7,10,16,19-20,23,25,27-28,30-31,44,68H,4-6,8-9,11-15,17-18,21-22,24,26,29,32-43,45-67H2,1-3H3/b10-7-,19-16-,23-20-,27-25-,31-30-,44-28-. The monoisotopic (exact) mass is 1070 g/mol. The maximum absolute atomic E-state index is 12.9. The van der Waals surface area contributed by atoms with E-state index < -0.39 is 6.10 Å². The van der Waals surface area contributed by atoms with E-state index in [1.54, 1.807) is 0 Å². The van der Waals surface area contributed by atoms with Crippen LogP contribution in [0.25, 0.3) is 0 Å². The van der Waals surface area contributed by atoms with Gasteiger partial charge >= 0.3 is 17.9 Å². The molecule has 0 bridgehead atoms. The average Bonchev–Trinajstić information content (AvgIpc) is 3.43. The summed E-state index contributed by atoms with van der Waals surface area (Å²) in [6.45, 7) is 6.54. The molecule has 0 rings (SSSR count). The van der Waals surface area contributed by atoms with Crippen LogP contribution in [0.4, 0.5) is 0 Å². The summed E-state index contributed by atoms with van der Waals surface area (Å²) >= 11 is 0. The number of carbonyl (C=O) groups is 3. The molecule has 446 valence electrons. The van der Waals surface area contributed by atoms with Crippen LogP contribution in [-0.4, -0.2) is 37.2 Å². The number of esters is 3. The maximum Gasteiger partial charge on any atom is 0.306 e. The smallest absolute Gasteiger partial charge is 0.306 e. The Kier molecular flexibility index (Phi) is 62.7. The normalized spacial score (nSPS) is 12.5. The molecule has 0 aliphatic rings. The molecule has 0 aromatic rings. The Balaban J connectivity index is 4.16. The average molecular weight is 1080 g/mol. The summed E-state index contributed by atoms with van der Waals surface area (Å²) in [6.07, 6.45) is 85.0. The summed E-state index contributed by atoms with van der Waals surface area (Å²) in [6, 6.07) is 0. The highest BCUT2D eigenvalue weighted by molar-refractivity contribution is 5.71. The summed E-state index contributed by atoms with van der Waals surface area (Å²) in [4.78, 5) is 38.3. The zero-order valence-electron chi connectivity index (χ0n) is 51.2. The zero-order valence-corrected chi connectivity index (χ0v) is 51.2. The van der Waals surface area contributed by atoms with Crippen LogP contribution in [0.15, 0.2) is 72.9 Å². The molecule has 0 radical (unpaired) electrons. The molecule has 0 saturated heterocycles. The second-order valence-electron chi connectivity index (χ2n) is 22.4. The molecule has 0 N–H and O–H groups in total. The van der Waals surface area contributed by atoms with Gasteiger partial charge in [-0.1, -0.05) is 306 Å². The molecule has 0 aliphatic carbocycles. The van der Waals surface area contributed by atoms with Gasteiger partial charge in [0.2, 0.25) is 0 Å². The second-order valence-corrected chi connectivity index (χ2v) is 22.4. The van der Waals surface area contributed by atoms with E-state index in [-0.39, 0.29) is 31.1 Å². The van der Waals surface area contributed by atoms with Crippen LogP contribution in [-0.2, 0) is 28.6 Å². The Morgan fingerprint density at radius 1 is 0.273 bits per heavy atom. The number of unbranched alkanes of at least 4 members (excludes halogenated alkanes) is 38. The van der Waals surface area contributed by atoms with Crippen molar-refractivity contribution < 1.29 is 28.6 Å². The highest BCUT2D eigenvalue weighted by atomic mass is 16.6. The molecule has 0 aromatic heterocycles. The van der Waals surface area contributed by atoms with Crippen molar-refractivity contribution in [2.45, 2.75) is 348 Å². The lowest BCUT2D eigenvalue weighted by molar-refractivity contribution is -0.167. The van der Waals surface area contributed by atoms with Crippen molar-refractivity contribution in [2.75, 3.05) is 13.2 Å². The lowest BCUT2D eigenvalue weighted by Gasteiger charge is -2.18. The van der Waals surface area contributed by atoms with Crippen LogP contribution in [0, 0.1) is 0 Å². The maximum atomic E-state index is 12.9. The van der Waals surface area contributed by atoms with Gasteiger partial charge in [-0.15, -0.1) is 0 Å². The Morgan fingerprint density at radius 3 is 0.805 bits per heavy atom. The number of carbonyl (C=O) groups excluding carboxylic acids is 3. The lowest BCUT2D eigenvalue weighted by atomic mass is 10.0. The van der Waals surface area contributed by atoms with Gasteiger partial charge in [0.1, 0.15) is 13.2 Å². The Hall–Kier alpha value is -3.15. The summed E-state index contributed by atoms with van der Waals surface area (Å²) in [5, 5.41) is 0. The first kappa shape index (κ1) is 73.8. The van der Waals surface area contributed by atoms with Crippen molar-refractivity contribution in [1.29, 1.82) is 0 Å². The molecular weight excluding hydrogens is 949 g/mol. The van der Waals surface area contributed by atoms with E-state index in [4.69, 9.17) is 14.2 Å². The summed E-state index contributed by atoms with van der Waals surface area (Å²) in [5.41, 5.74) is 0. The zero-order chi connectivity index (χ0) is 55.7. The third-order valence-corrected chi connectivity index (χ3v) is 14.7.